The maximum absolute atomic E-state index is 13.2. The van der Waals surface area contributed by atoms with Crippen molar-refractivity contribution in [1.82, 2.24) is 14.8 Å². The first kappa shape index (κ1) is 18.4. The van der Waals surface area contributed by atoms with Gasteiger partial charge in [-0.3, -0.25) is 0 Å². The summed E-state index contributed by atoms with van der Waals surface area (Å²) in [7, 11) is 1.66. The lowest BCUT2D eigenvalue weighted by molar-refractivity contribution is -0.109. The Morgan fingerprint density at radius 2 is 2.04 bits per heavy atom. The maximum Gasteiger partial charge on any atom is 0.210 e. The number of aromatic nitrogens is 3. The van der Waals surface area contributed by atoms with Gasteiger partial charge in [-0.1, -0.05) is 18.2 Å². The molecule has 0 spiro atoms. The highest BCUT2D eigenvalue weighted by Gasteiger charge is 2.35. The van der Waals surface area contributed by atoms with E-state index in [0.29, 0.717) is 34.3 Å². The number of rotatable bonds is 4. The molecular weight excluding hydrogens is 429 g/mol. The van der Waals surface area contributed by atoms with E-state index in [-0.39, 0.29) is 17.3 Å². The summed E-state index contributed by atoms with van der Waals surface area (Å²) < 4.78 is 21.3. The third-order valence-corrected chi connectivity index (χ3v) is 5.26. The minimum Gasteiger partial charge on any atom is -0.507 e. The van der Waals surface area contributed by atoms with Crippen LogP contribution >= 0.6 is 15.9 Å². The van der Waals surface area contributed by atoms with Gasteiger partial charge in [0.1, 0.15) is 30.1 Å². The number of nitrogens with zero attached hydrogens (tertiary/aromatic N) is 3. The van der Waals surface area contributed by atoms with Crippen LogP contribution in [0.5, 0.6) is 5.75 Å². The van der Waals surface area contributed by atoms with E-state index in [1.165, 1.54) is 23.1 Å². The van der Waals surface area contributed by atoms with Crippen LogP contribution in [0.15, 0.2) is 53.0 Å². The minimum absolute atomic E-state index is 0.0873. The van der Waals surface area contributed by atoms with Gasteiger partial charge in [0.2, 0.25) is 5.76 Å². The lowest BCUT2D eigenvalue weighted by Crippen LogP contribution is -2.20. The van der Waals surface area contributed by atoms with Crippen molar-refractivity contribution in [3.05, 3.63) is 81.3 Å². The fourth-order valence-electron chi connectivity index (χ4n) is 3.26. The number of allylic oxidation sites excluding steroid dienone is 1. The Hall–Kier alpha value is -3.00. The Kier molecular flexibility index (Phi) is 4.72. The van der Waals surface area contributed by atoms with Gasteiger partial charge in [0.25, 0.3) is 0 Å². The van der Waals surface area contributed by atoms with Crippen molar-refractivity contribution < 1.29 is 19.0 Å². The number of aryl methyl sites for hydroxylation is 1. The van der Waals surface area contributed by atoms with E-state index in [2.05, 4.69) is 26.0 Å². The van der Waals surface area contributed by atoms with Crippen LogP contribution in [0.1, 0.15) is 28.4 Å². The van der Waals surface area contributed by atoms with Crippen LogP contribution < -0.4 is 4.74 Å². The minimum atomic E-state index is -0.914. The van der Waals surface area contributed by atoms with Crippen LogP contribution in [0.3, 0.4) is 0 Å². The van der Waals surface area contributed by atoms with Crippen LogP contribution in [0.25, 0.3) is 5.76 Å². The molecule has 3 aromatic rings. The van der Waals surface area contributed by atoms with Crippen molar-refractivity contribution in [2.45, 2.75) is 12.3 Å². The molecule has 0 bridgehead atoms. The molecule has 1 unspecified atom stereocenters. The summed E-state index contributed by atoms with van der Waals surface area (Å²) >= 11 is 3.46. The molecule has 0 fully saturated rings. The number of hydrogen-bond donors (Lipinski definition) is 1. The molecular formula is C20H15BrFN3O3. The maximum atomic E-state index is 13.2. The number of hydrogen-bond acceptors (Lipinski definition) is 5. The highest BCUT2D eigenvalue weighted by molar-refractivity contribution is 9.10. The van der Waals surface area contributed by atoms with Gasteiger partial charge in [-0.2, -0.15) is 5.10 Å². The zero-order valence-electron chi connectivity index (χ0n) is 14.8. The summed E-state index contributed by atoms with van der Waals surface area (Å²) in [6.45, 7) is 0. The average Bonchev–Trinajstić information content (AvgIpc) is 3.11. The highest BCUT2D eigenvalue weighted by atomic mass is 79.9. The van der Waals surface area contributed by atoms with Gasteiger partial charge >= 0.3 is 0 Å². The van der Waals surface area contributed by atoms with Crippen molar-refractivity contribution >= 4 is 28.0 Å². The van der Waals surface area contributed by atoms with Gasteiger partial charge in [-0.05, 0) is 51.7 Å². The van der Waals surface area contributed by atoms with Crippen molar-refractivity contribution in [3.8, 4) is 5.75 Å². The van der Waals surface area contributed by atoms with Gasteiger partial charge in [0.15, 0.2) is 11.6 Å². The number of aliphatic hydroxyl groups excluding tert-OH is 1. The summed E-state index contributed by atoms with van der Waals surface area (Å²) in [6.07, 6.45) is 2.47. The molecule has 1 aromatic heterocycles. The number of carbonyl (C=O) groups excluding carboxylic acids is 1. The van der Waals surface area contributed by atoms with Gasteiger partial charge in [0, 0.05) is 12.6 Å². The normalized spacial score (nSPS) is 15.9. The second kappa shape index (κ2) is 7.20. The van der Waals surface area contributed by atoms with Gasteiger partial charge in [-0.25, -0.2) is 14.1 Å². The van der Waals surface area contributed by atoms with E-state index in [0.717, 1.165) is 11.1 Å². The molecule has 142 valence electrons. The van der Waals surface area contributed by atoms with Crippen LogP contribution in [0.2, 0.25) is 0 Å². The molecule has 0 amide bonds. The molecule has 28 heavy (non-hydrogen) atoms. The monoisotopic (exact) mass is 443 g/mol. The summed E-state index contributed by atoms with van der Waals surface area (Å²) in [5.74, 6) is -0.618. The van der Waals surface area contributed by atoms with Gasteiger partial charge < -0.3 is 14.6 Å². The molecule has 4 rings (SSSR count). The van der Waals surface area contributed by atoms with Crippen molar-refractivity contribution in [2.75, 3.05) is 0 Å². The van der Waals surface area contributed by atoms with Crippen molar-refractivity contribution in [2.24, 2.45) is 7.05 Å². The predicted molar refractivity (Wildman–Crippen MR) is 103 cm³/mol. The molecule has 0 saturated carbocycles. The number of benzene rings is 2. The van der Waals surface area contributed by atoms with Crippen LogP contribution in [-0.2, 0) is 18.3 Å². The van der Waals surface area contributed by atoms with E-state index in [1.807, 2.05) is 12.1 Å². The zero-order chi connectivity index (χ0) is 19.8. The van der Waals surface area contributed by atoms with Crippen molar-refractivity contribution in [3.63, 3.8) is 0 Å². The number of fused-ring (bicyclic) bond motifs is 1. The van der Waals surface area contributed by atoms with Gasteiger partial charge in [0.05, 0.1) is 4.47 Å². The number of aldehydes is 1. The fourth-order valence-corrected chi connectivity index (χ4v) is 3.69. The highest BCUT2D eigenvalue weighted by Crippen LogP contribution is 2.45. The number of ether oxygens (including phenoxy) is 1. The molecule has 0 saturated heterocycles. The standard InChI is InChI=1S/C20H15BrFN3O3/c1-25-20(23-10-24-25)19-17(27)14(9-26)16-12(4-7-15(21)18(16)28-19)8-11-2-5-13(22)6-3-11/h2-7,9-10,14,27H,8H2,1H3. The molecule has 1 aliphatic rings. The number of carbonyl (C=O) groups is 1. The zero-order valence-corrected chi connectivity index (χ0v) is 16.4. The summed E-state index contributed by atoms with van der Waals surface area (Å²) in [5.41, 5.74) is 2.24. The van der Waals surface area contributed by atoms with Crippen LogP contribution in [0.4, 0.5) is 4.39 Å². The SMILES string of the molecule is Cn1ncnc1C1=C(O)C(C=O)c2c(Cc3ccc(F)cc3)ccc(Br)c2O1. The second-order valence-electron chi connectivity index (χ2n) is 6.39. The molecule has 2 heterocycles. The van der Waals surface area contributed by atoms with E-state index in [9.17, 15) is 14.3 Å². The molecule has 0 radical (unpaired) electrons. The Bertz CT molecular complexity index is 1090. The molecule has 0 aliphatic carbocycles. The van der Waals surface area contributed by atoms with Crippen LogP contribution in [0, 0.1) is 5.82 Å². The summed E-state index contributed by atoms with van der Waals surface area (Å²) in [4.78, 5) is 16.0. The van der Waals surface area contributed by atoms with Crippen molar-refractivity contribution in [1.29, 1.82) is 0 Å². The Morgan fingerprint density at radius 3 is 2.68 bits per heavy atom. The Morgan fingerprint density at radius 1 is 1.29 bits per heavy atom. The third-order valence-electron chi connectivity index (χ3n) is 4.64. The third kappa shape index (κ3) is 3.09. The summed E-state index contributed by atoms with van der Waals surface area (Å²) in [5, 5.41) is 14.8. The molecule has 1 atom stereocenters. The first-order chi connectivity index (χ1) is 13.5. The lowest BCUT2D eigenvalue weighted by atomic mass is 9.87. The quantitative estimate of drug-likeness (QED) is 0.618. The Labute approximate surface area is 168 Å². The first-order valence-electron chi connectivity index (χ1n) is 8.46. The molecule has 1 aliphatic heterocycles. The van der Waals surface area contributed by atoms with E-state index < -0.39 is 5.92 Å². The topological polar surface area (TPSA) is 77.2 Å². The van der Waals surface area contributed by atoms with E-state index in [4.69, 9.17) is 4.74 Å². The predicted octanol–water partition coefficient (Wildman–Crippen LogP) is 3.91. The van der Waals surface area contributed by atoms with E-state index in [1.54, 1.807) is 19.2 Å². The largest absolute Gasteiger partial charge is 0.507 e. The number of halogens is 2. The van der Waals surface area contributed by atoms with E-state index >= 15 is 0 Å². The summed E-state index contributed by atoms with van der Waals surface area (Å²) in [6, 6.07) is 9.81. The number of aliphatic hydroxyl groups is 1. The molecule has 6 nitrogen and oxygen atoms in total. The second-order valence-corrected chi connectivity index (χ2v) is 7.24. The fraction of sp³-hybridized carbons (Fsp3) is 0.150. The first-order valence-corrected chi connectivity index (χ1v) is 9.25. The molecule has 8 heteroatoms. The Balaban J connectivity index is 1.83. The lowest BCUT2D eigenvalue weighted by Gasteiger charge is -2.27. The molecule has 2 aromatic carbocycles. The van der Waals surface area contributed by atoms with Crippen LogP contribution in [-0.4, -0.2) is 26.2 Å². The average molecular weight is 444 g/mol. The molecule has 1 N–H and O–H groups in total. The van der Waals surface area contributed by atoms with Gasteiger partial charge in [-0.15, -0.1) is 0 Å². The smallest absolute Gasteiger partial charge is 0.210 e.